The Bertz CT molecular complexity index is 619. The molecular weight excluding hydrogens is 312 g/mol. The summed E-state index contributed by atoms with van der Waals surface area (Å²) < 4.78 is 15.3. The first-order valence-electron chi connectivity index (χ1n) is 7.37. The lowest BCUT2D eigenvalue weighted by atomic mass is 10.0. The summed E-state index contributed by atoms with van der Waals surface area (Å²) in [5.74, 6) is -0.894. The normalized spacial score (nSPS) is 11.0. The monoisotopic (exact) mass is 332 g/mol. The van der Waals surface area contributed by atoms with Crippen molar-refractivity contribution in [3.63, 3.8) is 0 Å². The minimum atomic E-state index is -1.16. The molecule has 1 rings (SSSR count). The molecule has 0 fully saturated rings. The fraction of sp³-hybridized carbons (Fsp3) is 0.412. The van der Waals surface area contributed by atoms with Crippen molar-refractivity contribution in [2.45, 2.75) is 19.8 Å². The first-order valence-corrected chi connectivity index (χ1v) is 7.37. The van der Waals surface area contributed by atoms with E-state index in [2.05, 4.69) is 0 Å². The molecule has 1 aromatic carbocycles. The lowest BCUT2D eigenvalue weighted by Gasteiger charge is -2.08. The molecule has 0 bridgehead atoms. The van der Waals surface area contributed by atoms with Gasteiger partial charge < -0.3 is 19.6 Å². The lowest BCUT2D eigenvalue weighted by molar-refractivity contribution is -0.148. The Labute approximate surface area is 140 Å². The van der Waals surface area contributed by atoms with E-state index in [0.717, 1.165) is 5.75 Å². The summed E-state index contributed by atoms with van der Waals surface area (Å²) in [4.78, 5) is 23.2. The number of ketones is 1. The predicted molar refractivity (Wildman–Crippen MR) is 86.2 cm³/mol. The molecule has 1 atom stereocenters. The number of hydrogen-bond donors (Lipinski definition) is 1. The summed E-state index contributed by atoms with van der Waals surface area (Å²) in [6.45, 7) is 1.20. The number of hydrogen-bond acceptors (Lipinski definition) is 7. The summed E-state index contributed by atoms with van der Waals surface area (Å²) >= 11 is 0. The molecule has 0 radical (unpaired) electrons. The van der Waals surface area contributed by atoms with E-state index in [1.807, 2.05) is 0 Å². The van der Waals surface area contributed by atoms with Crippen LogP contribution in [-0.4, -0.2) is 37.8 Å². The number of ether oxygens (including phenoxy) is 3. The number of esters is 1. The zero-order valence-corrected chi connectivity index (χ0v) is 13.7. The highest BCUT2D eigenvalue weighted by molar-refractivity contribution is 6.05. The molecule has 0 aromatic heterocycles. The molecular formula is C17H20N2O5. The van der Waals surface area contributed by atoms with Gasteiger partial charge in [0.2, 0.25) is 0 Å². The average Bonchev–Trinajstić information content (AvgIpc) is 2.57. The fourth-order valence-corrected chi connectivity index (χ4v) is 1.80. The Kier molecular flexibility index (Phi) is 7.99. The van der Waals surface area contributed by atoms with E-state index in [4.69, 9.17) is 24.9 Å². The van der Waals surface area contributed by atoms with E-state index in [9.17, 15) is 9.59 Å². The molecule has 128 valence electrons. The van der Waals surface area contributed by atoms with Crippen LogP contribution >= 0.6 is 0 Å². The van der Waals surface area contributed by atoms with Crippen LogP contribution in [0.15, 0.2) is 24.3 Å². The Balaban J connectivity index is 2.23. The molecule has 0 saturated carbocycles. The minimum Gasteiger partial charge on any atom is -0.497 e. The quantitative estimate of drug-likeness (QED) is 0.399. The highest BCUT2D eigenvalue weighted by Gasteiger charge is 2.21. The summed E-state index contributed by atoms with van der Waals surface area (Å²) in [5.41, 5.74) is -0.0635. The molecule has 0 spiro atoms. The molecule has 24 heavy (non-hydrogen) atoms. The van der Waals surface area contributed by atoms with Crippen molar-refractivity contribution in [1.29, 1.82) is 10.7 Å². The van der Waals surface area contributed by atoms with Crippen molar-refractivity contribution in [2.75, 3.05) is 20.3 Å². The van der Waals surface area contributed by atoms with E-state index in [0.29, 0.717) is 18.8 Å². The summed E-state index contributed by atoms with van der Waals surface area (Å²) in [6, 6.07) is 8.77. The lowest BCUT2D eigenvalue weighted by Crippen LogP contribution is -2.25. The van der Waals surface area contributed by atoms with Crippen LogP contribution in [0.2, 0.25) is 0 Å². The van der Waals surface area contributed by atoms with Gasteiger partial charge in [-0.1, -0.05) is 0 Å². The molecule has 1 unspecified atom stereocenters. The molecule has 7 nitrogen and oxygen atoms in total. The Hall–Kier alpha value is -2.88. The van der Waals surface area contributed by atoms with Gasteiger partial charge in [-0.05, 0) is 37.6 Å². The number of carbonyl (C=O) groups excluding carboxylic acids is 2. The van der Waals surface area contributed by atoms with Crippen LogP contribution in [0.4, 0.5) is 0 Å². The van der Waals surface area contributed by atoms with Crippen molar-refractivity contribution in [2.24, 2.45) is 5.92 Å². The second-order valence-electron chi connectivity index (χ2n) is 5.00. The van der Waals surface area contributed by atoms with Gasteiger partial charge in [-0.15, -0.1) is 0 Å². The first kappa shape index (κ1) is 19.2. The predicted octanol–water partition coefficient (Wildman–Crippen LogP) is 2.15. The smallest absolute Gasteiger partial charge is 0.306 e. The van der Waals surface area contributed by atoms with Gasteiger partial charge in [0.05, 0.1) is 19.8 Å². The van der Waals surface area contributed by atoms with Gasteiger partial charge in [0.25, 0.3) is 0 Å². The molecule has 0 aliphatic carbocycles. The first-order chi connectivity index (χ1) is 11.5. The van der Waals surface area contributed by atoms with E-state index < -0.39 is 24.3 Å². The average molecular weight is 332 g/mol. The van der Waals surface area contributed by atoms with Crippen LogP contribution in [0, 0.1) is 22.7 Å². The van der Waals surface area contributed by atoms with Gasteiger partial charge in [-0.2, -0.15) is 5.26 Å². The Morgan fingerprint density at radius 2 is 1.88 bits per heavy atom. The number of Topliss-reactive ketones (excluding diaryl/α,β-unsaturated/α-hetero) is 1. The standard InChI is InChI=1S/C17H20N2O5/c1-12(19)15(10-18)16(20)11-24-17(21)4-3-9-23-14-7-5-13(22-2)6-8-14/h5-8,15,19H,3-4,9,11H2,1-2H3. The number of nitrogens with zero attached hydrogens (tertiary/aromatic N) is 1. The molecule has 0 amide bonds. The molecule has 7 heteroatoms. The third-order valence-electron chi connectivity index (χ3n) is 3.11. The van der Waals surface area contributed by atoms with Crippen molar-refractivity contribution in [3.05, 3.63) is 24.3 Å². The zero-order chi connectivity index (χ0) is 17.9. The van der Waals surface area contributed by atoms with E-state index in [-0.39, 0.29) is 12.1 Å². The van der Waals surface area contributed by atoms with Crippen molar-refractivity contribution in [1.82, 2.24) is 0 Å². The number of nitrogens with one attached hydrogen (secondary N) is 1. The topological polar surface area (TPSA) is 109 Å². The van der Waals surface area contributed by atoms with Crippen molar-refractivity contribution >= 4 is 17.5 Å². The Morgan fingerprint density at radius 3 is 2.42 bits per heavy atom. The third-order valence-corrected chi connectivity index (χ3v) is 3.11. The second-order valence-corrected chi connectivity index (χ2v) is 5.00. The zero-order valence-electron chi connectivity index (χ0n) is 13.7. The molecule has 0 heterocycles. The highest BCUT2D eigenvalue weighted by atomic mass is 16.5. The maximum atomic E-state index is 11.6. The summed E-state index contributed by atoms with van der Waals surface area (Å²) in [7, 11) is 1.58. The SMILES string of the molecule is COc1ccc(OCCCC(=O)OCC(=O)C(C#N)C(C)=N)cc1. The van der Waals surface area contributed by atoms with Crippen LogP contribution < -0.4 is 9.47 Å². The maximum absolute atomic E-state index is 11.6. The van der Waals surface area contributed by atoms with E-state index in [1.165, 1.54) is 6.92 Å². The molecule has 0 aliphatic heterocycles. The number of methoxy groups -OCH3 is 1. The van der Waals surface area contributed by atoms with Gasteiger partial charge in [0, 0.05) is 12.1 Å². The van der Waals surface area contributed by atoms with Crippen LogP contribution in [0.1, 0.15) is 19.8 Å². The molecule has 1 aromatic rings. The van der Waals surface area contributed by atoms with E-state index in [1.54, 1.807) is 37.4 Å². The maximum Gasteiger partial charge on any atom is 0.306 e. The number of nitriles is 1. The fourth-order valence-electron chi connectivity index (χ4n) is 1.80. The van der Waals surface area contributed by atoms with Gasteiger partial charge >= 0.3 is 5.97 Å². The largest absolute Gasteiger partial charge is 0.497 e. The van der Waals surface area contributed by atoms with Crippen molar-refractivity contribution in [3.8, 4) is 17.6 Å². The van der Waals surface area contributed by atoms with Gasteiger partial charge in [-0.3, -0.25) is 9.59 Å². The minimum absolute atomic E-state index is 0.0635. The Morgan fingerprint density at radius 1 is 1.25 bits per heavy atom. The van der Waals surface area contributed by atoms with Crippen LogP contribution in [0.5, 0.6) is 11.5 Å². The second kappa shape index (κ2) is 10.0. The van der Waals surface area contributed by atoms with Crippen LogP contribution in [0.25, 0.3) is 0 Å². The molecule has 0 saturated heterocycles. The molecule has 1 N–H and O–H groups in total. The van der Waals surface area contributed by atoms with Crippen molar-refractivity contribution < 1.29 is 23.8 Å². The molecule has 0 aliphatic rings. The van der Waals surface area contributed by atoms with Crippen LogP contribution in [0.3, 0.4) is 0 Å². The van der Waals surface area contributed by atoms with E-state index >= 15 is 0 Å². The third kappa shape index (κ3) is 6.48. The number of benzene rings is 1. The number of rotatable bonds is 10. The van der Waals surface area contributed by atoms with Gasteiger partial charge in [0.15, 0.2) is 12.4 Å². The summed E-state index contributed by atoms with van der Waals surface area (Å²) in [5, 5.41) is 16.1. The highest BCUT2D eigenvalue weighted by Crippen LogP contribution is 2.17. The van der Waals surface area contributed by atoms with Crippen LogP contribution in [-0.2, 0) is 14.3 Å². The summed E-state index contributed by atoms with van der Waals surface area (Å²) in [6.07, 6.45) is 0.536. The van der Waals surface area contributed by atoms with Gasteiger partial charge in [-0.25, -0.2) is 0 Å². The number of carbonyl (C=O) groups is 2. The van der Waals surface area contributed by atoms with Gasteiger partial charge in [0.1, 0.15) is 17.4 Å².